The molecular weight excluding hydrogens is 290 g/mol. The molecule has 0 unspecified atom stereocenters. The van der Waals surface area contributed by atoms with Crippen molar-refractivity contribution in [3.63, 3.8) is 0 Å². The predicted molar refractivity (Wildman–Crippen MR) is 87.6 cm³/mol. The number of aromatic nitrogens is 1. The minimum Gasteiger partial charge on any atom is -0.330 e. The fraction of sp³-hybridized carbons (Fsp3) is 0.429. The Kier molecular flexibility index (Phi) is 5.82. The number of thiazole rings is 1. The molecule has 108 valence electrons. The molecule has 2 aromatic rings. The van der Waals surface area contributed by atoms with Gasteiger partial charge in [0, 0.05) is 12.1 Å². The maximum Gasteiger partial charge on any atom is 0.224 e. The van der Waals surface area contributed by atoms with E-state index in [-0.39, 0.29) is 5.91 Å². The zero-order valence-electron chi connectivity index (χ0n) is 11.5. The van der Waals surface area contributed by atoms with Crippen LogP contribution in [0.1, 0.15) is 25.7 Å². The summed E-state index contributed by atoms with van der Waals surface area (Å²) in [6.07, 6.45) is 5.45. The molecule has 0 aliphatic carbocycles. The van der Waals surface area contributed by atoms with E-state index >= 15 is 0 Å². The molecule has 0 atom stereocenters. The summed E-state index contributed by atoms with van der Waals surface area (Å²) < 4.78 is 2.15. The van der Waals surface area contributed by atoms with E-state index in [1.165, 1.54) is 0 Å². The summed E-state index contributed by atoms with van der Waals surface area (Å²) in [4.78, 5) is 16.3. The molecule has 4 nitrogen and oxygen atoms in total. The number of benzene rings is 1. The Bertz CT molecular complexity index is 583. The summed E-state index contributed by atoms with van der Waals surface area (Å²) in [5.41, 5.74) is 7.26. The number of rotatable bonds is 7. The minimum absolute atomic E-state index is 0.0657. The van der Waals surface area contributed by atoms with E-state index in [0.29, 0.717) is 13.0 Å². The van der Waals surface area contributed by atoms with E-state index in [4.69, 9.17) is 5.73 Å². The maximum atomic E-state index is 11.8. The van der Waals surface area contributed by atoms with Gasteiger partial charge >= 0.3 is 0 Å². The number of nitrogens with one attached hydrogen (secondary N) is 1. The van der Waals surface area contributed by atoms with Gasteiger partial charge in [-0.05, 0) is 43.8 Å². The van der Waals surface area contributed by atoms with Crippen molar-refractivity contribution < 1.29 is 4.79 Å². The van der Waals surface area contributed by atoms with Crippen LogP contribution in [-0.4, -0.2) is 23.7 Å². The number of hydrogen-bond acceptors (Lipinski definition) is 5. The van der Waals surface area contributed by atoms with E-state index in [1.54, 1.807) is 23.1 Å². The van der Waals surface area contributed by atoms with Gasteiger partial charge < -0.3 is 11.1 Å². The monoisotopic (exact) mass is 309 g/mol. The van der Waals surface area contributed by atoms with Crippen molar-refractivity contribution in [3.05, 3.63) is 18.2 Å². The highest BCUT2D eigenvalue weighted by atomic mass is 32.2. The number of thioether (sulfide) groups is 1. The maximum absolute atomic E-state index is 11.8. The summed E-state index contributed by atoms with van der Waals surface area (Å²) in [7, 11) is 0. The lowest BCUT2D eigenvalue weighted by molar-refractivity contribution is -0.116. The summed E-state index contributed by atoms with van der Waals surface area (Å²) in [5, 5.41) is 2.94. The summed E-state index contributed by atoms with van der Waals surface area (Å²) >= 11 is 3.29. The average Bonchev–Trinajstić information content (AvgIpc) is 2.86. The molecular formula is C14H19N3OS2. The van der Waals surface area contributed by atoms with Crippen LogP contribution in [0.4, 0.5) is 5.69 Å². The Hall–Kier alpha value is -1.11. The molecule has 0 fully saturated rings. The number of hydrogen-bond donors (Lipinski definition) is 2. The third kappa shape index (κ3) is 4.19. The lowest BCUT2D eigenvalue weighted by Gasteiger charge is -2.04. The van der Waals surface area contributed by atoms with E-state index in [9.17, 15) is 4.79 Å². The Morgan fingerprint density at radius 1 is 1.40 bits per heavy atom. The summed E-state index contributed by atoms with van der Waals surface area (Å²) in [5.74, 6) is 0.0657. The van der Waals surface area contributed by atoms with Crippen LogP contribution in [0.3, 0.4) is 0 Å². The molecule has 1 amide bonds. The van der Waals surface area contributed by atoms with Crippen LogP contribution in [0, 0.1) is 0 Å². The first-order valence-corrected chi connectivity index (χ1v) is 8.71. The second kappa shape index (κ2) is 7.61. The molecule has 0 spiro atoms. The van der Waals surface area contributed by atoms with E-state index in [1.807, 2.05) is 24.5 Å². The molecule has 6 heteroatoms. The number of fused-ring (bicyclic) bond motifs is 1. The molecule has 1 heterocycles. The highest BCUT2D eigenvalue weighted by molar-refractivity contribution is 8.00. The molecule has 3 N–H and O–H groups in total. The number of anilines is 1. The average molecular weight is 309 g/mol. The van der Waals surface area contributed by atoms with Crippen LogP contribution in [0.15, 0.2) is 22.5 Å². The predicted octanol–water partition coefficient (Wildman–Crippen LogP) is 3.48. The minimum atomic E-state index is 0.0657. The first-order chi connectivity index (χ1) is 9.72. The molecule has 20 heavy (non-hydrogen) atoms. The Morgan fingerprint density at radius 2 is 2.25 bits per heavy atom. The van der Waals surface area contributed by atoms with Crippen molar-refractivity contribution >= 4 is 44.9 Å². The van der Waals surface area contributed by atoms with Crippen LogP contribution in [0.5, 0.6) is 0 Å². The van der Waals surface area contributed by atoms with Gasteiger partial charge in [0.2, 0.25) is 5.91 Å². The molecule has 0 saturated heterocycles. The van der Waals surface area contributed by atoms with Crippen LogP contribution < -0.4 is 11.1 Å². The third-order valence-electron chi connectivity index (χ3n) is 2.94. The first-order valence-electron chi connectivity index (χ1n) is 6.67. The topological polar surface area (TPSA) is 68.0 Å². The van der Waals surface area contributed by atoms with Gasteiger partial charge in [0.25, 0.3) is 0 Å². The third-order valence-corrected chi connectivity index (χ3v) is 4.94. The largest absolute Gasteiger partial charge is 0.330 e. The van der Waals surface area contributed by atoms with Gasteiger partial charge in [-0.1, -0.05) is 18.2 Å². The van der Waals surface area contributed by atoms with Gasteiger partial charge in [0.05, 0.1) is 10.2 Å². The van der Waals surface area contributed by atoms with Gasteiger partial charge in [0.15, 0.2) is 4.34 Å². The molecule has 0 bridgehead atoms. The standard InChI is InChI=1S/C14H19N3OS2/c1-19-14-17-11-7-6-10(9-12(11)20-14)16-13(18)5-3-2-4-8-15/h6-7,9H,2-5,8,15H2,1H3,(H,16,18). The van der Waals surface area contributed by atoms with Gasteiger partial charge in [-0.3, -0.25) is 4.79 Å². The zero-order chi connectivity index (χ0) is 14.4. The lowest BCUT2D eigenvalue weighted by atomic mass is 10.2. The van der Waals surface area contributed by atoms with E-state index < -0.39 is 0 Å². The highest BCUT2D eigenvalue weighted by Gasteiger charge is 2.06. The quantitative estimate of drug-likeness (QED) is 0.607. The number of carbonyl (C=O) groups is 1. The molecule has 0 saturated carbocycles. The fourth-order valence-corrected chi connectivity index (χ4v) is 3.43. The number of nitrogens with zero attached hydrogens (tertiary/aromatic N) is 1. The normalized spacial score (nSPS) is 10.9. The molecule has 1 aromatic carbocycles. The van der Waals surface area contributed by atoms with Crippen molar-refractivity contribution in [2.75, 3.05) is 18.1 Å². The Morgan fingerprint density at radius 3 is 3.00 bits per heavy atom. The van der Waals surface area contributed by atoms with Crippen molar-refractivity contribution in [1.29, 1.82) is 0 Å². The first kappa shape index (κ1) is 15.3. The number of unbranched alkanes of at least 4 members (excludes halogenated alkanes) is 2. The Labute approximate surface area is 127 Å². The van der Waals surface area contributed by atoms with Crippen molar-refractivity contribution in [3.8, 4) is 0 Å². The van der Waals surface area contributed by atoms with Crippen LogP contribution in [0.25, 0.3) is 10.2 Å². The van der Waals surface area contributed by atoms with E-state index in [2.05, 4.69) is 10.3 Å². The molecule has 0 aliphatic rings. The van der Waals surface area contributed by atoms with Gasteiger partial charge in [0.1, 0.15) is 0 Å². The smallest absolute Gasteiger partial charge is 0.224 e. The van der Waals surface area contributed by atoms with Gasteiger partial charge in [-0.2, -0.15) is 0 Å². The summed E-state index contributed by atoms with van der Waals surface area (Å²) in [6, 6.07) is 5.85. The molecule has 0 aliphatic heterocycles. The molecule has 2 rings (SSSR count). The summed E-state index contributed by atoms with van der Waals surface area (Å²) in [6.45, 7) is 0.696. The number of carbonyl (C=O) groups excluding carboxylic acids is 1. The van der Waals surface area contributed by atoms with Crippen molar-refractivity contribution in [2.45, 2.75) is 30.0 Å². The number of nitrogens with two attached hydrogens (primary N) is 1. The molecule has 0 radical (unpaired) electrons. The Balaban J connectivity index is 1.93. The van der Waals surface area contributed by atoms with Crippen molar-refractivity contribution in [1.82, 2.24) is 4.98 Å². The highest BCUT2D eigenvalue weighted by Crippen LogP contribution is 2.29. The van der Waals surface area contributed by atoms with Gasteiger partial charge in [-0.25, -0.2) is 4.98 Å². The second-order valence-electron chi connectivity index (χ2n) is 4.51. The number of amides is 1. The van der Waals surface area contributed by atoms with Gasteiger partial charge in [-0.15, -0.1) is 11.3 Å². The fourth-order valence-electron chi connectivity index (χ4n) is 1.90. The zero-order valence-corrected chi connectivity index (χ0v) is 13.1. The van der Waals surface area contributed by atoms with E-state index in [0.717, 1.165) is 39.5 Å². The molecule has 1 aromatic heterocycles. The van der Waals surface area contributed by atoms with Crippen LogP contribution in [0.2, 0.25) is 0 Å². The SMILES string of the molecule is CSc1nc2ccc(NC(=O)CCCCCN)cc2s1. The lowest BCUT2D eigenvalue weighted by Crippen LogP contribution is -2.11. The van der Waals surface area contributed by atoms with Crippen LogP contribution >= 0.6 is 23.1 Å². The second-order valence-corrected chi connectivity index (χ2v) is 6.60. The van der Waals surface area contributed by atoms with Crippen LogP contribution in [-0.2, 0) is 4.79 Å². The van der Waals surface area contributed by atoms with Crippen molar-refractivity contribution in [2.24, 2.45) is 5.73 Å².